The largest absolute Gasteiger partial charge is 0.507 e. The standard InChI is InChI=1S/C20H20FN5O2/c21-19-15-3-1-2-13(24-15)8-17(19)28-18-10-23-20(26-25-18)14-6-11-4-5-22-9-12(11)7-16(14)27/h4-7,9-10,13,15,17,19,24,27H,1-3,8H2/t13?,15?,17-,19-/m1/s1. The minimum Gasteiger partial charge on any atom is -0.507 e. The Morgan fingerprint density at radius 3 is 2.93 bits per heavy atom. The number of phenols is 1. The number of pyridine rings is 1. The Kier molecular flexibility index (Phi) is 4.27. The van der Waals surface area contributed by atoms with Gasteiger partial charge in [-0.15, -0.1) is 10.2 Å². The van der Waals surface area contributed by atoms with E-state index in [2.05, 4.69) is 25.5 Å². The molecule has 0 spiro atoms. The number of nitrogens with one attached hydrogen (secondary N) is 1. The van der Waals surface area contributed by atoms with Crippen LogP contribution in [0.3, 0.4) is 0 Å². The van der Waals surface area contributed by atoms with Crippen molar-refractivity contribution in [1.29, 1.82) is 0 Å². The number of fused-ring (bicyclic) bond motifs is 3. The van der Waals surface area contributed by atoms with E-state index in [1.165, 1.54) is 6.20 Å². The molecular formula is C20H20FN5O2. The third-order valence-electron chi connectivity index (χ3n) is 5.58. The average molecular weight is 381 g/mol. The van der Waals surface area contributed by atoms with E-state index < -0.39 is 12.3 Å². The SMILES string of the molecule is Oc1cc2cnccc2cc1-c1ncc(O[C@@H]2CC3CCCC(N3)[C@H]2F)nn1. The highest BCUT2D eigenvalue weighted by molar-refractivity contribution is 5.88. The third kappa shape index (κ3) is 3.13. The van der Waals surface area contributed by atoms with Crippen LogP contribution >= 0.6 is 0 Å². The molecule has 8 heteroatoms. The van der Waals surface area contributed by atoms with Gasteiger partial charge in [-0.05, 0) is 36.4 Å². The summed E-state index contributed by atoms with van der Waals surface area (Å²) in [6.45, 7) is 0. The van der Waals surface area contributed by atoms with E-state index in [0.717, 1.165) is 30.0 Å². The molecule has 2 aromatic heterocycles. The van der Waals surface area contributed by atoms with Crippen LogP contribution in [0.5, 0.6) is 11.6 Å². The highest BCUT2D eigenvalue weighted by Gasteiger charge is 2.41. The lowest BCUT2D eigenvalue weighted by Gasteiger charge is -2.42. The zero-order valence-electron chi connectivity index (χ0n) is 15.1. The van der Waals surface area contributed by atoms with E-state index in [-0.39, 0.29) is 23.5 Å². The fourth-order valence-corrected chi connectivity index (χ4v) is 4.17. The molecule has 28 heavy (non-hydrogen) atoms. The number of halogens is 1. The van der Waals surface area contributed by atoms with Crippen LogP contribution in [0.2, 0.25) is 0 Å². The van der Waals surface area contributed by atoms with Crippen LogP contribution in [-0.2, 0) is 0 Å². The topological polar surface area (TPSA) is 93.1 Å². The van der Waals surface area contributed by atoms with Crippen molar-refractivity contribution in [3.8, 4) is 23.0 Å². The zero-order valence-corrected chi connectivity index (χ0v) is 15.1. The Morgan fingerprint density at radius 2 is 2.07 bits per heavy atom. The number of ether oxygens (including phenoxy) is 1. The average Bonchev–Trinajstić information content (AvgIpc) is 2.72. The fourth-order valence-electron chi connectivity index (χ4n) is 4.17. The van der Waals surface area contributed by atoms with Crippen LogP contribution in [0.25, 0.3) is 22.2 Å². The number of hydrogen-bond acceptors (Lipinski definition) is 7. The summed E-state index contributed by atoms with van der Waals surface area (Å²) in [6.07, 6.45) is 6.72. The molecule has 0 saturated carbocycles. The molecule has 1 aromatic carbocycles. The maximum absolute atomic E-state index is 14.7. The molecule has 2 unspecified atom stereocenters. The molecule has 7 nitrogen and oxygen atoms in total. The van der Waals surface area contributed by atoms with Gasteiger partial charge in [0, 0.05) is 36.3 Å². The molecule has 4 heterocycles. The van der Waals surface area contributed by atoms with E-state index in [9.17, 15) is 9.50 Å². The molecule has 2 N–H and O–H groups in total. The summed E-state index contributed by atoms with van der Waals surface area (Å²) in [4.78, 5) is 8.31. The Hall–Kier alpha value is -2.87. The van der Waals surface area contributed by atoms with Gasteiger partial charge in [0.25, 0.3) is 5.88 Å². The Balaban J connectivity index is 1.37. The number of rotatable bonds is 3. The molecule has 0 aliphatic carbocycles. The predicted molar refractivity (Wildman–Crippen MR) is 101 cm³/mol. The summed E-state index contributed by atoms with van der Waals surface area (Å²) < 4.78 is 20.4. The molecule has 2 fully saturated rings. The van der Waals surface area contributed by atoms with Gasteiger partial charge >= 0.3 is 0 Å². The summed E-state index contributed by atoms with van der Waals surface area (Å²) in [7, 11) is 0. The number of aromatic nitrogens is 4. The van der Waals surface area contributed by atoms with Crippen LogP contribution in [0, 0.1) is 0 Å². The minimum atomic E-state index is -1.07. The smallest absolute Gasteiger partial charge is 0.252 e. The van der Waals surface area contributed by atoms with Crippen LogP contribution in [-0.4, -0.2) is 49.6 Å². The van der Waals surface area contributed by atoms with Gasteiger partial charge in [0.2, 0.25) is 0 Å². The quantitative estimate of drug-likeness (QED) is 0.721. The lowest BCUT2D eigenvalue weighted by Crippen LogP contribution is -2.59. The van der Waals surface area contributed by atoms with Gasteiger partial charge in [0.1, 0.15) is 11.9 Å². The first-order valence-corrected chi connectivity index (χ1v) is 9.51. The molecule has 4 atom stereocenters. The summed E-state index contributed by atoms with van der Waals surface area (Å²) in [5.74, 6) is 0.523. The van der Waals surface area contributed by atoms with Crippen LogP contribution in [0.4, 0.5) is 4.39 Å². The molecule has 2 aliphatic heterocycles. The lowest BCUT2D eigenvalue weighted by molar-refractivity contribution is 0.00628. The molecule has 2 bridgehead atoms. The van der Waals surface area contributed by atoms with E-state index in [1.807, 2.05) is 6.07 Å². The number of piperidine rings is 2. The van der Waals surface area contributed by atoms with Gasteiger partial charge in [-0.1, -0.05) is 6.42 Å². The van der Waals surface area contributed by atoms with E-state index in [4.69, 9.17) is 4.74 Å². The fraction of sp³-hybridized carbons (Fsp3) is 0.400. The van der Waals surface area contributed by atoms with Gasteiger partial charge in [-0.2, -0.15) is 0 Å². The summed E-state index contributed by atoms with van der Waals surface area (Å²) >= 11 is 0. The van der Waals surface area contributed by atoms with Crippen molar-refractivity contribution >= 4 is 10.8 Å². The molecule has 2 aliphatic rings. The summed E-state index contributed by atoms with van der Waals surface area (Å²) in [5, 5.41) is 23.5. The lowest BCUT2D eigenvalue weighted by atomic mass is 9.84. The molecule has 5 rings (SSSR count). The van der Waals surface area contributed by atoms with E-state index >= 15 is 0 Å². The first-order valence-electron chi connectivity index (χ1n) is 9.51. The number of benzene rings is 1. The van der Waals surface area contributed by atoms with Crippen molar-refractivity contribution in [3.63, 3.8) is 0 Å². The van der Waals surface area contributed by atoms with Crippen LogP contribution < -0.4 is 10.1 Å². The normalized spacial score (nSPS) is 26.9. The Morgan fingerprint density at radius 1 is 1.14 bits per heavy atom. The number of hydrogen-bond donors (Lipinski definition) is 2. The highest BCUT2D eigenvalue weighted by Crippen LogP contribution is 2.32. The monoisotopic (exact) mass is 381 g/mol. The predicted octanol–water partition coefficient (Wildman–Crippen LogP) is 2.79. The van der Waals surface area contributed by atoms with E-state index in [0.29, 0.717) is 18.0 Å². The second-order valence-corrected chi connectivity index (χ2v) is 7.45. The molecule has 144 valence electrons. The van der Waals surface area contributed by atoms with Crippen LogP contribution in [0.1, 0.15) is 25.7 Å². The van der Waals surface area contributed by atoms with Gasteiger partial charge < -0.3 is 15.2 Å². The Labute approximate surface area is 161 Å². The molecule has 0 radical (unpaired) electrons. The van der Waals surface area contributed by atoms with Gasteiger partial charge in [0.15, 0.2) is 12.0 Å². The summed E-state index contributed by atoms with van der Waals surface area (Å²) in [5.41, 5.74) is 0.470. The molecule has 2 saturated heterocycles. The first kappa shape index (κ1) is 17.2. The summed E-state index contributed by atoms with van der Waals surface area (Å²) in [6, 6.07) is 5.39. The number of phenolic OH excluding ortho intramolecular Hbond substituents is 1. The first-order chi connectivity index (χ1) is 13.7. The maximum atomic E-state index is 14.7. The number of alkyl halides is 1. The van der Waals surface area contributed by atoms with Gasteiger partial charge in [-0.3, -0.25) is 4.98 Å². The molecule has 3 aromatic rings. The number of aromatic hydroxyl groups is 1. The highest BCUT2D eigenvalue weighted by atomic mass is 19.1. The molecular weight excluding hydrogens is 361 g/mol. The minimum absolute atomic E-state index is 0.0472. The van der Waals surface area contributed by atoms with Crippen molar-refractivity contribution in [3.05, 3.63) is 36.8 Å². The van der Waals surface area contributed by atoms with Crippen molar-refractivity contribution in [1.82, 2.24) is 25.5 Å². The number of nitrogens with zero attached hydrogens (tertiary/aromatic N) is 4. The van der Waals surface area contributed by atoms with E-state index in [1.54, 1.807) is 24.5 Å². The van der Waals surface area contributed by atoms with Crippen LogP contribution in [0.15, 0.2) is 36.8 Å². The van der Waals surface area contributed by atoms with Crippen molar-refractivity contribution < 1.29 is 14.2 Å². The third-order valence-corrected chi connectivity index (χ3v) is 5.58. The Bertz CT molecular complexity index is 1000. The second-order valence-electron chi connectivity index (χ2n) is 7.45. The maximum Gasteiger partial charge on any atom is 0.252 e. The zero-order chi connectivity index (χ0) is 19.1. The van der Waals surface area contributed by atoms with Gasteiger partial charge in [-0.25, -0.2) is 9.37 Å². The molecule has 0 amide bonds. The van der Waals surface area contributed by atoms with Gasteiger partial charge in [0.05, 0.1) is 11.8 Å². The van der Waals surface area contributed by atoms with Crippen molar-refractivity contribution in [2.45, 2.75) is 50.0 Å². The second kappa shape index (κ2) is 6.94. The van der Waals surface area contributed by atoms with Crippen molar-refractivity contribution in [2.24, 2.45) is 0 Å². The van der Waals surface area contributed by atoms with Crippen molar-refractivity contribution in [2.75, 3.05) is 0 Å².